The molecule has 5 aromatic rings. The molecule has 0 N–H and O–H groups in total. The molecule has 0 aliphatic rings. The van der Waals surface area contributed by atoms with Crippen LogP contribution >= 0.6 is 0 Å². The van der Waals surface area contributed by atoms with E-state index in [1.807, 2.05) is 65.3 Å². The summed E-state index contributed by atoms with van der Waals surface area (Å²) in [6, 6.07) is 27.1. The summed E-state index contributed by atoms with van der Waals surface area (Å²) >= 11 is 0. The summed E-state index contributed by atoms with van der Waals surface area (Å²) in [5.74, 6) is 1.24. The number of nitrogens with zero attached hydrogens (tertiary/aromatic N) is 6. The maximum atomic E-state index is 10.7. The number of hydrogen-bond donors (Lipinski definition) is 0. The van der Waals surface area contributed by atoms with Crippen molar-refractivity contribution in [3.8, 4) is 23.0 Å². The molecule has 0 atom stereocenters. The summed E-state index contributed by atoms with van der Waals surface area (Å²) in [5.41, 5.74) is 5.16. The normalized spacial score (nSPS) is 10.8. The van der Waals surface area contributed by atoms with Crippen molar-refractivity contribution in [3.05, 3.63) is 119 Å². The minimum absolute atomic E-state index is 0.422. The molecule has 3 aromatic heterocycles. The Morgan fingerprint density at radius 3 is 2.27 bits per heavy atom. The van der Waals surface area contributed by atoms with Crippen molar-refractivity contribution < 1.29 is 0 Å². The molecule has 0 bridgehead atoms. The average Bonchev–Trinajstić information content (AvgIpc) is 3.30. The molecule has 7 nitrogen and oxygen atoms in total. The summed E-state index contributed by atoms with van der Waals surface area (Å²) in [6.07, 6.45) is 4.22. The van der Waals surface area contributed by atoms with E-state index in [-0.39, 0.29) is 0 Å². The molecule has 0 amide bonds. The summed E-state index contributed by atoms with van der Waals surface area (Å²) in [6.45, 7) is 0.571. The monoisotopic (exact) mass is 432 g/mol. The van der Waals surface area contributed by atoms with Gasteiger partial charge < -0.3 is 0 Å². The summed E-state index contributed by atoms with van der Waals surface area (Å²) in [4.78, 5) is 24.5. The lowest BCUT2D eigenvalue weighted by atomic mass is 10.0. The third-order valence-electron chi connectivity index (χ3n) is 5.24. The molecule has 3 heterocycles. The Bertz CT molecular complexity index is 1370. The lowest BCUT2D eigenvalue weighted by molar-refractivity contribution is 0.693. The first-order valence-electron chi connectivity index (χ1n) is 10.6. The van der Waals surface area contributed by atoms with Gasteiger partial charge in [-0.2, -0.15) is 0 Å². The summed E-state index contributed by atoms with van der Waals surface area (Å²) < 4.78 is 1.87. The highest BCUT2D eigenvalue weighted by Crippen LogP contribution is 2.23. The number of hydrogen-bond acceptors (Lipinski definition) is 6. The highest BCUT2D eigenvalue weighted by atomic mass is 16.3. The van der Waals surface area contributed by atoms with Crippen LogP contribution in [0.3, 0.4) is 0 Å². The van der Waals surface area contributed by atoms with E-state index in [2.05, 4.69) is 27.3 Å². The molecule has 0 unspecified atom stereocenters. The Labute approximate surface area is 190 Å². The van der Waals surface area contributed by atoms with E-state index < -0.39 is 0 Å². The van der Waals surface area contributed by atoms with Crippen LogP contribution in [-0.2, 0) is 13.0 Å². The van der Waals surface area contributed by atoms with Crippen LogP contribution in [0.15, 0.2) is 102 Å². The van der Waals surface area contributed by atoms with Crippen LogP contribution in [0.25, 0.3) is 23.0 Å². The predicted molar refractivity (Wildman–Crippen MR) is 127 cm³/mol. The van der Waals surface area contributed by atoms with Crippen molar-refractivity contribution in [2.45, 2.75) is 13.0 Å². The number of nitroso groups, excluding NO2 is 1. The topological polar surface area (TPSA) is 85.9 Å². The van der Waals surface area contributed by atoms with Gasteiger partial charge in [0.25, 0.3) is 0 Å². The molecule has 0 fully saturated rings. The molecule has 160 valence electrons. The van der Waals surface area contributed by atoms with Crippen molar-refractivity contribution in [3.63, 3.8) is 0 Å². The molecule has 0 aliphatic heterocycles. The van der Waals surface area contributed by atoms with Gasteiger partial charge >= 0.3 is 0 Å². The Hall–Kier alpha value is -4.52. The van der Waals surface area contributed by atoms with E-state index >= 15 is 0 Å². The first kappa shape index (κ1) is 20.4. The molecule has 5 rings (SSSR count). The number of pyridine rings is 2. The van der Waals surface area contributed by atoms with Crippen molar-refractivity contribution in [2.75, 3.05) is 0 Å². The van der Waals surface area contributed by atoms with Gasteiger partial charge in [0, 0.05) is 12.4 Å². The fourth-order valence-electron chi connectivity index (χ4n) is 3.62. The van der Waals surface area contributed by atoms with Gasteiger partial charge in [-0.1, -0.05) is 48.5 Å². The lowest BCUT2D eigenvalue weighted by Crippen LogP contribution is -2.05. The molecule has 2 aromatic carbocycles. The zero-order valence-corrected chi connectivity index (χ0v) is 17.7. The molecule has 0 aliphatic carbocycles. The first-order chi connectivity index (χ1) is 16.3. The minimum Gasteiger partial charge on any atom is -0.253 e. The second-order valence-electron chi connectivity index (χ2n) is 7.60. The van der Waals surface area contributed by atoms with Crippen LogP contribution in [0.4, 0.5) is 5.69 Å². The highest BCUT2D eigenvalue weighted by molar-refractivity contribution is 5.57. The molecule has 33 heavy (non-hydrogen) atoms. The smallest absolute Gasteiger partial charge is 0.200 e. The second-order valence-corrected chi connectivity index (χ2v) is 7.60. The second kappa shape index (κ2) is 9.32. The van der Waals surface area contributed by atoms with E-state index in [4.69, 9.17) is 10.1 Å². The zero-order chi connectivity index (χ0) is 22.5. The van der Waals surface area contributed by atoms with E-state index in [0.717, 1.165) is 22.4 Å². The van der Waals surface area contributed by atoms with Crippen molar-refractivity contribution in [1.29, 1.82) is 0 Å². The predicted octanol–water partition coefficient (Wildman–Crippen LogP) is 5.44. The first-order valence-corrected chi connectivity index (χ1v) is 10.6. The van der Waals surface area contributed by atoms with Crippen LogP contribution in [0.5, 0.6) is 0 Å². The minimum atomic E-state index is 0.422. The fraction of sp³-hybridized carbons (Fsp3) is 0.0769. The molecular weight excluding hydrogens is 412 g/mol. The van der Waals surface area contributed by atoms with Crippen molar-refractivity contribution >= 4 is 5.69 Å². The summed E-state index contributed by atoms with van der Waals surface area (Å²) in [5, 5.41) is 7.71. The standard InChI is InChI=1S/C26H20N6O/c33-31-22-11-9-19(10-12-22)16-21-13-15-28-24(17-21)26-29-25(23-8-4-5-14-27-23)30-32(26)18-20-6-2-1-3-7-20/h1-15,17H,16,18H2. The van der Waals surface area contributed by atoms with E-state index in [1.165, 1.54) is 0 Å². The quantitative estimate of drug-likeness (QED) is 0.320. The molecule has 0 radical (unpaired) electrons. The Balaban J connectivity index is 1.51. The van der Waals surface area contributed by atoms with Gasteiger partial charge in [0.15, 0.2) is 11.6 Å². The van der Waals surface area contributed by atoms with Gasteiger partial charge in [-0.3, -0.25) is 9.97 Å². The van der Waals surface area contributed by atoms with Crippen LogP contribution in [0, 0.1) is 4.91 Å². The van der Waals surface area contributed by atoms with Gasteiger partial charge in [0.05, 0.1) is 6.54 Å². The van der Waals surface area contributed by atoms with Gasteiger partial charge in [-0.05, 0) is 64.7 Å². The van der Waals surface area contributed by atoms with Crippen molar-refractivity contribution in [1.82, 2.24) is 24.7 Å². The molecule has 0 saturated carbocycles. The fourth-order valence-corrected chi connectivity index (χ4v) is 3.62. The summed E-state index contributed by atoms with van der Waals surface area (Å²) in [7, 11) is 0. The van der Waals surface area contributed by atoms with E-state index in [1.54, 1.807) is 24.5 Å². The Kier molecular flexibility index (Phi) is 5.75. The molecule has 0 saturated heterocycles. The third-order valence-corrected chi connectivity index (χ3v) is 5.24. The average molecular weight is 432 g/mol. The third kappa shape index (κ3) is 4.72. The Morgan fingerprint density at radius 2 is 1.52 bits per heavy atom. The van der Waals surface area contributed by atoms with Crippen LogP contribution < -0.4 is 0 Å². The van der Waals surface area contributed by atoms with E-state index in [9.17, 15) is 4.91 Å². The van der Waals surface area contributed by atoms with Crippen LogP contribution in [0.1, 0.15) is 16.7 Å². The molecular formula is C26H20N6O. The largest absolute Gasteiger partial charge is 0.253 e. The number of benzene rings is 2. The van der Waals surface area contributed by atoms with E-state index in [0.29, 0.717) is 36.0 Å². The van der Waals surface area contributed by atoms with Crippen LogP contribution in [-0.4, -0.2) is 24.7 Å². The van der Waals surface area contributed by atoms with Gasteiger partial charge in [0.2, 0.25) is 0 Å². The lowest BCUT2D eigenvalue weighted by Gasteiger charge is -2.07. The maximum absolute atomic E-state index is 10.7. The van der Waals surface area contributed by atoms with Gasteiger partial charge in [-0.15, -0.1) is 10.0 Å². The highest BCUT2D eigenvalue weighted by Gasteiger charge is 2.16. The molecule has 0 spiro atoms. The number of aromatic nitrogens is 5. The Morgan fingerprint density at radius 1 is 0.727 bits per heavy atom. The number of rotatable bonds is 7. The SMILES string of the molecule is O=Nc1ccc(Cc2ccnc(-c3nc(-c4ccccn4)nn3Cc3ccccc3)c2)cc1. The van der Waals surface area contributed by atoms with Gasteiger partial charge in [-0.25, -0.2) is 9.67 Å². The molecule has 7 heteroatoms. The van der Waals surface area contributed by atoms with Gasteiger partial charge in [0.1, 0.15) is 17.1 Å². The zero-order valence-electron chi connectivity index (χ0n) is 17.7. The van der Waals surface area contributed by atoms with Crippen molar-refractivity contribution in [2.24, 2.45) is 5.18 Å². The maximum Gasteiger partial charge on any atom is 0.200 e. The van der Waals surface area contributed by atoms with Crippen LogP contribution in [0.2, 0.25) is 0 Å².